The number of ether oxygens (including phenoxy) is 1. The maximum absolute atomic E-state index is 13.4. The topological polar surface area (TPSA) is 402 Å². The Balaban J connectivity index is 0.888. The van der Waals surface area contributed by atoms with Crippen LogP contribution in [0.2, 0.25) is 0 Å². The molecule has 28 nitrogen and oxygen atoms in total. The normalized spacial score (nSPS) is 20.0. The molecule has 0 bridgehead atoms. The van der Waals surface area contributed by atoms with Crippen LogP contribution in [-0.2, 0) is 62.0 Å². The van der Waals surface area contributed by atoms with Gasteiger partial charge in [-0.15, -0.1) is 0 Å². The number of hydrogen-bond donors (Lipinski definition) is 9. The highest BCUT2D eigenvalue weighted by atomic mass is 32.2. The van der Waals surface area contributed by atoms with Crippen molar-refractivity contribution >= 4 is 78.4 Å². The predicted molar refractivity (Wildman–Crippen MR) is 324 cm³/mol. The molecule has 4 aromatic rings. The average molecular weight is 1320 g/mol. The molecule has 478 valence electrons. The molecule has 3 unspecified atom stereocenters. The number of phosphoric ester groups is 1. The van der Waals surface area contributed by atoms with Gasteiger partial charge in [0.2, 0.25) is 11.3 Å². The summed E-state index contributed by atoms with van der Waals surface area (Å²) in [4.78, 5) is 64.7. The Morgan fingerprint density at radius 2 is 1.61 bits per heavy atom. The number of imidazole rings is 1. The minimum atomic E-state index is -5.75. The first-order valence-corrected chi connectivity index (χ1v) is 35.8. The van der Waals surface area contributed by atoms with Crippen LogP contribution in [0.5, 0.6) is 0 Å². The Hall–Kier alpha value is -5.88. The molecule has 9 N–H and O–H groups in total. The largest absolute Gasteiger partial charge is 0.490 e. The summed E-state index contributed by atoms with van der Waals surface area (Å²) in [5.74, 6) is 1.06. The second kappa shape index (κ2) is 28.5. The number of aliphatic hydroxyl groups is 1. The summed E-state index contributed by atoms with van der Waals surface area (Å²) in [5, 5.41) is 17.9. The van der Waals surface area contributed by atoms with E-state index in [0.29, 0.717) is 77.8 Å². The van der Waals surface area contributed by atoms with Crippen LogP contribution >= 0.6 is 23.5 Å². The van der Waals surface area contributed by atoms with Crippen molar-refractivity contribution in [3.05, 3.63) is 119 Å². The highest BCUT2D eigenvalue weighted by Crippen LogP contribution is 2.66. The fourth-order valence-electron chi connectivity index (χ4n) is 11.0. The lowest BCUT2D eigenvalue weighted by atomic mass is 9.77. The Labute approximate surface area is 508 Å². The zero-order valence-corrected chi connectivity index (χ0v) is 52.9. The standard InChI is InChI=1S/C55H71N8O20P3S2/c1-5-61(6-2)39-22-24-42-41(37(3)52(81-46(42)31-39)38-17-10-9-11-18-38)19-14-20-48-55(4,43-32-40(88(76,77)78)23-25-44(43)62(48)29-16-30-87(73,74)75)26-15-21-49(65)56-27-12-7-8-13-28-57-53-51-54(59-35-58-53)63(36-60-51)50-33-45(64)47(80-50)34-79-85(69,70)83-86(71,72)82-84(66,67)68/h9-11,14,17-20,22-25,31-32,35-36,45,47,50,64H,5-8,12-13,15-16,21,26-30,33-34H2,1-4H3,(H7-,56,57,58,59,65,66,67,68,69,70,71,72,73,74,75,76,77,78)/p+1/t45-,47+,50+,55?/m0/s1. The first-order chi connectivity index (χ1) is 41.5. The van der Waals surface area contributed by atoms with Crippen molar-refractivity contribution in [3.8, 4) is 22.6 Å². The lowest BCUT2D eigenvalue weighted by Crippen LogP contribution is -2.31. The van der Waals surface area contributed by atoms with Crippen molar-refractivity contribution in [1.29, 1.82) is 0 Å². The lowest BCUT2D eigenvalue weighted by Gasteiger charge is -2.30. The third-order valence-electron chi connectivity index (χ3n) is 15.2. The van der Waals surface area contributed by atoms with Crippen molar-refractivity contribution in [2.75, 3.05) is 55.3 Å². The van der Waals surface area contributed by atoms with Crippen molar-refractivity contribution in [3.63, 3.8) is 0 Å². The van der Waals surface area contributed by atoms with Crippen LogP contribution in [-0.4, -0.2) is 133 Å². The zero-order chi connectivity index (χ0) is 63.8. The molecule has 33 heteroatoms. The summed E-state index contributed by atoms with van der Waals surface area (Å²) in [5.41, 5.74) is 5.06. The second-order valence-corrected chi connectivity index (χ2v) is 28.7. The number of hydrogen-bond acceptors (Lipinski definition) is 19. The van der Waals surface area contributed by atoms with Crippen LogP contribution in [0.4, 0.5) is 11.5 Å². The first-order valence-electron chi connectivity index (χ1n) is 28.2. The molecule has 1 saturated heterocycles. The van der Waals surface area contributed by atoms with E-state index < -0.39 is 79.9 Å². The van der Waals surface area contributed by atoms with Gasteiger partial charge in [0.15, 0.2) is 17.0 Å². The molecule has 6 atom stereocenters. The maximum Gasteiger partial charge on any atom is 0.490 e. The van der Waals surface area contributed by atoms with Crippen molar-refractivity contribution < 1.29 is 91.4 Å². The van der Waals surface area contributed by atoms with Crippen LogP contribution in [0, 0.1) is 6.92 Å². The van der Waals surface area contributed by atoms with Crippen molar-refractivity contribution in [2.45, 2.75) is 114 Å². The third kappa shape index (κ3) is 17.3. The lowest BCUT2D eigenvalue weighted by molar-refractivity contribution is -0.121. The van der Waals surface area contributed by atoms with E-state index in [4.69, 9.17) is 18.9 Å². The molecule has 0 saturated carbocycles. The van der Waals surface area contributed by atoms with Gasteiger partial charge in [-0.1, -0.05) is 55.3 Å². The Morgan fingerprint density at radius 3 is 2.31 bits per heavy atom. The Kier molecular flexibility index (Phi) is 22.1. The summed E-state index contributed by atoms with van der Waals surface area (Å²) < 4.78 is 132. The summed E-state index contributed by atoms with van der Waals surface area (Å²) in [6.07, 6.45) is 8.75. The van der Waals surface area contributed by atoms with E-state index in [1.807, 2.05) is 79.4 Å². The molecule has 2 aromatic heterocycles. The second-order valence-electron chi connectivity index (χ2n) is 21.3. The van der Waals surface area contributed by atoms with Gasteiger partial charge in [0.25, 0.3) is 20.2 Å². The number of anilines is 2. The van der Waals surface area contributed by atoms with Gasteiger partial charge in [-0.2, -0.15) is 25.5 Å². The van der Waals surface area contributed by atoms with E-state index in [2.05, 4.69) is 63.2 Å². The number of nitrogens with zero attached hydrogens (tertiary/aromatic N) is 6. The molecule has 8 rings (SSSR count). The Bertz CT molecular complexity index is 3990. The molecule has 3 aliphatic heterocycles. The number of benzene rings is 3. The van der Waals surface area contributed by atoms with Gasteiger partial charge in [-0.05, 0) is 101 Å². The number of amides is 1. The van der Waals surface area contributed by atoms with Crippen LogP contribution in [0.15, 0.2) is 107 Å². The Morgan fingerprint density at radius 1 is 0.886 bits per heavy atom. The highest BCUT2D eigenvalue weighted by Gasteiger charge is 2.45. The number of rotatable bonds is 30. The SMILES string of the molecule is CC[N+](CC)=c1ccc2c(/C=C/C=C3\N(CCCS(=O)(=O)O)c4ccc(S(=O)(=O)O)cc4C3(C)CCCC(=O)NCCCCCCNc3ncnc4c3ncn4[C@H]3C[C@H](O)[C@@H](COP(=O)(O)OP(=O)(O)OP(=O)(O)O)O3)c(C)c(-c3ccccc3)oc-2c1. The number of phosphoric acid groups is 3. The molecule has 88 heavy (non-hydrogen) atoms. The molecule has 0 radical (unpaired) electrons. The van der Waals surface area contributed by atoms with Crippen LogP contribution < -0.4 is 25.5 Å². The molecule has 1 aliphatic carbocycles. The molecule has 0 spiro atoms. The van der Waals surface area contributed by atoms with E-state index in [1.165, 1.54) is 29.4 Å². The summed E-state index contributed by atoms with van der Waals surface area (Å²) >= 11 is 0. The molecule has 4 aliphatic rings. The van der Waals surface area contributed by atoms with Gasteiger partial charge >= 0.3 is 23.5 Å². The highest BCUT2D eigenvalue weighted by molar-refractivity contribution is 7.86. The van der Waals surface area contributed by atoms with Crippen LogP contribution in [0.1, 0.15) is 101 Å². The summed E-state index contributed by atoms with van der Waals surface area (Å²) in [6, 6.07) is 20.2. The third-order valence-corrected chi connectivity index (χ3v) is 20.6. The van der Waals surface area contributed by atoms with Crippen LogP contribution in [0.3, 0.4) is 0 Å². The number of fused-ring (bicyclic) bond motifs is 3. The van der Waals surface area contributed by atoms with Gasteiger partial charge in [0.05, 0.1) is 35.8 Å². The molecular formula is C55H72N8O20P3S2+. The summed E-state index contributed by atoms with van der Waals surface area (Å²) in [6.45, 7) is 9.88. The van der Waals surface area contributed by atoms with E-state index in [-0.39, 0.29) is 36.6 Å². The average Bonchev–Trinajstić information content (AvgIpc) is 1.67. The molecule has 1 fully saturated rings. The predicted octanol–water partition coefficient (Wildman–Crippen LogP) is 7.46. The smallest absolute Gasteiger partial charge is 0.456 e. The minimum absolute atomic E-state index is 0.0214. The van der Waals surface area contributed by atoms with Crippen molar-refractivity contribution in [1.82, 2.24) is 29.4 Å². The van der Waals surface area contributed by atoms with Gasteiger partial charge < -0.3 is 49.4 Å². The first kappa shape index (κ1) is 68.0. The number of aliphatic hydroxyl groups excluding tert-OH is 1. The van der Waals surface area contributed by atoms with Gasteiger partial charge in [0.1, 0.15) is 43.3 Å². The number of carbonyl (C=O) groups is 1. The number of carbonyl (C=O) groups excluding carboxylic acids is 1. The molecular weight excluding hydrogens is 1250 g/mol. The van der Waals surface area contributed by atoms with E-state index >= 15 is 0 Å². The number of nitrogens with one attached hydrogen (secondary N) is 2. The van der Waals surface area contributed by atoms with Gasteiger partial charge in [-0.25, -0.2) is 33.2 Å². The van der Waals surface area contributed by atoms with Gasteiger partial charge in [-0.3, -0.25) is 23.0 Å². The fourth-order valence-corrected chi connectivity index (χ4v) is 15.0. The summed E-state index contributed by atoms with van der Waals surface area (Å²) in [7, 11) is -25.8. The maximum atomic E-state index is 13.4. The number of allylic oxidation sites excluding steroid dienone is 3. The van der Waals surface area contributed by atoms with Crippen molar-refractivity contribution in [2.24, 2.45) is 0 Å². The molecule has 1 amide bonds. The molecule has 5 heterocycles. The monoisotopic (exact) mass is 1320 g/mol. The van der Waals surface area contributed by atoms with E-state index in [9.17, 15) is 59.3 Å². The van der Waals surface area contributed by atoms with E-state index in [0.717, 1.165) is 60.0 Å². The van der Waals surface area contributed by atoms with Crippen LogP contribution in [0.25, 0.3) is 39.9 Å². The zero-order valence-electron chi connectivity index (χ0n) is 48.6. The number of aromatic nitrogens is 4. The number of unbranched alkanes of at least 4 members (excludes halogenated alkanes) is 3. The fraction of sp³-hybridized carbons (Fsp3) is 0.436. The van der Waals surface area contributed by atoms with E-state index in [1.54, 1.807) is 6.07 Å². The minimum Gasteiger partial charge on any atom is -0.456 e. The quantitative estimate of drug-likeness (QED) is 0.00913. The van der Waals surface area contributed by atoms with Gasteiger partial charge in [0, 0.05) is 72.0 Å². The molecule has 2 aromatic carbocycles.